The maximum absolute atomic E-state index is 15.2. The number of aliphatic hydroxyl groups excluding tert-OH is 2. The van der Waals surface area contributed by atoms with E-state index in [1.54, 1.807) is 30.6 Å². The van der Waals surface area contributed by atoms with Crippen LogP contribution in [0, 0.1) is 5.82 Å². The first-order valence-electron chi connectivity index (χ1n) is 11.0. The fraction of sp³-hybridized carbons (Fsp3) is 0.222. The summed E-state index contributed by atoms with van der Waals surface area (Å²) >= 11 is 0. The molecule has 0 radical (unpaired) electrons. The van der Waals surface area contributed by atoms with Crippen LogP contribution in [0.15, 0.2) is 67.0 Å². The SMILES string of the molecule is O=C(CCCO)c1cc(-c2ccc(-c3ccc(CCCO)cc3)cc2F)nc2ccncc12. The predicted octanol–water partition coefficient (Wildman–Crippen LogP) is 4.98. The molecule has 0 atom stereocenters. The van der Waals surface area contributed by atoms with Gasteiger partial charge in [0.1, 0.15) is 5.82 Å². The standard InChI is InChI=1S/C27H25FN2O3/c28-24-15-20(19-7-5-18(6-8-19)3-1-13-31)9-10-21(24)26-16-22(27(33)4-2-14-32)23-17-29-12-11-25(23)30-26/h5-12,15-17,31-32H,1-4,13-14H2. The number of halogens is 1. The zero-order chi connectivity index (χ0) is 23.2. The maximum Gasteiger partial charge on any atom is 0.163 e. The van der Waals surface area contributed by atoms with Gasteiger partial charge in [-0.1, -0.05) is 30.3 Å². The zero-order valence-corrected chi connectivity index (χ0v) is 18.2. The molecule has 0 aliphatic heterocycles. The number of aryl methyl sites for hydroxylation is 1. The number of hydrogen-bond donors (Lipinski definition) is 2. The second kappa shape index (κ2) is 10.4. The zero-order valence-electron chi connectivity index (χ0n) is 18.2. The third-order valence-electron chi connectivity index (χ3n) is 5.63. The highest BCUT2D eigenvalue weighted by molar-refractivity contribution is 6.08. The molecule has 0 fully saturated rings. The van der Waals surface area contributed by atoms with Gasteiger partial charge in [0.15, 0.2) is 5.78 Å². The van der Waals surface area contributed by atoms with Crippen LogP contribution in [0.3, 0.4) is 0 Å². The van der Waals surface area contributed by atoms with Crippen molar-refractivity contribution in [2.75, 3.05) is 13.2 Å². The summed E-state index contributed by atoms with van der Waals surface area (Å²) in [6, 6.07) is 16.2. The topological polar surface area (TPSA) is 83.3 Å². The summed E-state index contributed by atoms with van der Waals surface area (Å²) in [7, 11) is 0. The van der Waals surface area contributed by atoms with E-state index >= 15 is 4.39 Å². The van der Waals surface area contributed by atoms with Crippen LogP contribution in [0.4, 0.5) is 4.39 Å². The monoisotopic (exact) mass is 444 g/mol. The first-order valence-corrected chi connectivity index (χ1v) is 11.0. The number of pyridine rings is 2. The molecule has 0 unspecified atom stereocenters. The molecule has 0 amide bonds. The van der Waals surface area contributed by atoms with Gasteiger partial charge in [-0.05, 0) is 60.2 Å². The second-order valence-corrected chi connectivity index (χ2v) is 7.92. The molecule has 0 saturated heterocycles. The summed E-state index contributed by atoms with van der Waals surface area (Å²) < 4.78 is 15.2. The molecular weight excluding hydrogens is 419 g/mol. The number of Topliss-reactive ketones (excluding diaryl/α,β-unsaturated/α-hetero) is 1. The molecule has 33 heavy (non-hydrogen) atoms. The molecule has 0 saturated carbocycles. The average Bonchev–Trinajstić information content (AvgIpc) is 2.85. The molecular formula is C27H25FN2O3. The van der Waals surface area contributed by atoms with E-state index in [4.69, 9.17) is 10.2 Å². The molecule has 5 nitrogen and oxygen atoms in total. The Morgan fingerprint density at radius 2 is 1.67 bits per heavy atom. The quantitative estimate of drug-likeness (QED) is 0.356. The molecule has 4 rings (SSSR count). The fourth-order valence-corrected chi connectivity index (χ4v) is 3.86. The minimum atomic E-state index is -0.425. The third kappa shape index (κ3) is 5.13. The number of carbonyl (C=O) groups excluding carboxylic acids is 1. The lowest BCUT2D eigenvalue weighted by atomic mass is 9.97. The number of aliphatic hydroxyl groups is 2. The van der Waals surface area contributed by atoms with Gasteiger partial charge in [-0.2, -0.15) is 0 Å². The minimum absolute atomic E-state index is 0.0711. The number of ketones is 1. The Morgan fingerprint density at radius 1 is 0.909 bits per heavy atom. The molecule has 2 aromatic carbocycles. The molecule has 6 heteroatoms. The first kappa shape index (κ1) is 22.7. The van der Waals surface area contributed by atoms with Crippen molar-refractivity contribution in [3.05, 3.63) is 83.9 Å². The van der Waals surface area contributed by atoms with Gasteiger partial charge in [0, 0.05) is 48.5 Å². The largest absolute Gasteiger partial charge is 0.396 e. The molecule has 0 aliphatic rings. The van der Waals surface area contributed by atoms with Gasteiger partial charge in [0.25, 0.3) is 0 Å². The normalized spacial score (nSPS) is 11.1. The molecule has 0 bridgehead atoms. The summed E-state index contributed by atoms with van der Waals surface area (Å²) in [6.07, 6.45) is 5.24. The van der Waals surface area contributed by atoms with Gasteiger partial charge >= 0.3 is 0 Å². The van der Waals surface area contributed by atoms with Crippen molar-refractivity contribution in [3.63, 3.8) is 0 Å². The van der Waals surface area contributed by atoms with Crippen LogP contribution in [-0.2, 0) is 6.42 Å². The Hall–Kier alpha value is -3.48. The lowest BCUT2D eigenvalue weighted by molar-refractivity contribution is 0.0973. The van der Waals surface area contributed by atoms with Crippen LogP contribution >= 0.6 is 0 Å². The summed E-state index contributed by atoms with van der Waals surface area (Å²) in [5, 5.41) is 18.7. The summed E-state index contributed by atoms with van der Waals surface area (Å²) in [5.74, 6) is -0.560. The Kier molecular flexibility index (Phi) is 7.17. The number of aromatic nitrogens is 2. The summed E-state index contributed by atoms with van der Waals surface area (Å²) in [6.45, 7) is 0.0842. The molecule has 2 N–H and O–H groups in total. The molecule has 168 valence electrons. The van der Waals surface area contributed by atoms with E-state index in [1.165, 1.54) is 6.07 Å². The summed E-state index contributed by atoms with van der Waals surface area (Å²) in [5.41, 5.74) is 4.45. The van der Waals surface area contributed by atoms with E-state index in [-0.39, 0.29) is 25.4 Å². The molecule has 2 aromatic heterocycles. The average molecular weight is 445 g/mol. The van der Waals surface area contributed by atoms with Crippen molar-refractivity contribution in [1.82, 2.24) is 9.97 Å². The van der Waals surface area contributed by atoms with Crippen LogP contribution in [-0.4, -0.2) is 39.2 Å². The van der Waals surface area contributed by atoms with Crippen LogP contribution in [0.5, 0.6) is 0 Å². The van der Waals surface area contributed by atoms with Crippen LogP contribution in [0.25, 0.3) is 33.3 Å². The number of hydrogen-bond acceptors (Lipinski definition) is 5. The van der Waals surface area contributed by atoms with Gasteiger partial charge < -0.3 is 10.2 Å². The van der Waals surface area contributed by atoms with Gasteiger partial charge in [-0.3, -0.25) is 9.78 Å². The van der Waals surface area contributed by atoms with E-state index < -0.39 is 5.82 Å². The molecule has 2 heterocycles. The van der Waals surface area contributed by atoms with Crippen molar-refractivity contribution >= 4 is 16.7 Å². The van der Waals surface area contributed by atoms with E-state index in [0.29, 0.717) is 40.6 Å². The maximum atomic E-state index is 15.2. The van der Waals surface area contributed by atoms with Crippen molar-refractivity contribution in [3.8, 4) is 22.4 Å². The van der Waals surface area contributed by atoms with Crippen LogP contribution < -0.4 is 0 Å². The Balaban J connectivity index is 1.69. The number of benzene rings is 2. The van der Waals surface area contributed by atoms with Gasteiger partial charge in [-0.25, -0.2) is 9.37 Å². The van der Waals surface area contributed by atoms with E-state index in [0.717, 1.165) is 23.1 Å². The first-order chi connectivity index (χ1) is 16.1. The highest BCUT2D eigenvalue weighted by Crippen LogP contribution is 2.30. The second-order valence-electron chi connectivity index (χ2n) is 7.92. The predicted molar refractivity (Wildman–Crippen MR) is 126 cm³/mol. The van der Waals surface area contributed by atoms with Crippen molar-refractivity contribution in [2.45, 2.75) is 25.7 Å². The number of rotatable bonds is 9. The minimum Gasteiger partial charge on any atom is -0.396 e. The molecule has 0 aliphatic carbocycles. The molecule has 4 aromatic rings. The van der Waals surface area contributed by atoms with Crippen molar-refractivity contribution in [1.29, 1.82) is 0 Å². The van der Waals surface area contributed by atoms with E-state index in [9.17, 15) is 4.79 Å². The lowest BCUT2D eigenvalue weighted by Crippen LogP contribution is -2.04. The highest BCUT2D eigenvalue weighted by atomic mass is 19.1. The van der Waals surface area contributed by atoms with E-state index in [1.807, 2.05) is 30.3 Å². The van der Waals surface area contributed by atoms with E-state index in [2.05, 4.69) is 9.97 Å². The third-order valence-corrected chi connectivity index (χ3v) is 5.63. The Bertz CT molecular complexity index is 1270. The smallest absolute Gasteiger partial charge is 0.163 e. The highest BCUT2D eigenvalue weighted by Gasteiger charge is 2.16. The van der Waals surface area contributed by atoms with Gasteiger partial charge in [-0.15, -0.1) is 0 Å². The number of nitrogens with zero attached hydrogens (tertiary/aromatic N) is 2. The van der Waals surface area contributed by atoms with Crippen LogP contribution in [0.2, 0.25) is 0 Å². The van der Waals surface area contributed by atoms with Crippen molar-refractivity contribution < 1.29 is 19.4 Å². The molecule has 0 spiro atoms. The fourth-order valence-electron chi connectivity index (χ4n) is 3.86. The Labute approximate surface area is 191 Å². The number of carbonyl (C=O) groups is 1. The Morgan fingerprint density at radius 3 is 2.39 bits per heavy atom. The van der Waals surface area contributed by atoms with Gasteiger partial charge in [0.2, 0.25) is 0 Å². The van der Waals surface area contributed by atoms with Crippen LogP contribution in [0.1, 0.15) is 35.2 Å². The lowest BCUT2D eigenvalue weighted by Gasteiger charge is -2.11. The number of fused-ring (bicyclic) bond motifs is 1. The van der Waals surface area contributed by atoms with Crippen molar-refractivity contribution in [2.24, 2.45) is 0 Å². The summed E-state index contributed by atoms with van der Waals surface area (Å²) in [4.78, 5) is 21.4. The van der Waals surface area contributed by atoms with Gasteiger partial charge in [0.05, 0.1) is 11.2 Å².